The van der Waals surface area contributed by atoms with Crippen LogP contribution in [0.1, 0.15) is 23.2 Å². The Morgan fingerprint density at radius 1 is 1.35 bits per heavy atom. The van der Waals surface area contributed by atoms with Crippen LogP contribution in [0.4, 0.5) is 5.82 Å². The SMILES string of the molecule is Cc1[nH]nc(NC(=O)CCc2ccc(Cl)cc2Cl)c1C. The molecule has 0 atom stereocenters. The second-order valence-electron chi connectivity index (χ2n) is 4.61. The van der Waals surface area contributed by atoms with Crippen LogP contribution in [0.2, 0.25) is 10.0 Å². The van der Waals surface area contributed by atoms with Crippen LogP contribution in [0.5, 0.6) is 0 Å². The molecule has 1 aromatic carbocycles. The molecule has 0 fully saturated rings. The fourth-order valence-electron chi connectivity index (χ4n) is 1.77. The van der Waals surface area contributed by atoms with Crippen molar-refractivity contribution in [3.8, 4) is 0 Å². The number of amides is 1. The number of aromatic nitrogens is 2. The summed E-state index contributed by atoms with van der Waals surface area (Å²) in [6.07, 6.45) is 0.900. The molecule has 0 saturated carbocycles. The molecule has 0 spiro atoms. The quantitative estimate of drug-likeness (QED) is 0.899. The van der Waals surface area contributed by atoms with Gasteiger partial charge in [0, 0.05) is 27.7 Å². The summed E-state index contributed by atoms with van der Waals surface area (Å²) < 4.78 is 0. The normalized spacial score (nSPS) is 10.6. The van der Waals surface area contributed by atoms with Crippen LogP contribution < -0.4 is 5.32 Å². The Labute approximate surface area is 127 Å². The maximum Gasteiger partial charge on any atom is 0.225 e. The number of H-pyrrole nitrogens is 1. The Morgan fingerprint density at radius 2 is 2.10 bits per heavy atom. The number of hydrogen-bond acceptors (Lipinski definition) is 2. The summed E-state index contributed by atoms with van der Waals surface area (Å²) in [5, 5.41) is 10.8. The van der Waals surface area contributed by atoms with Crippen molar-refractivity contribution in [2.45, 2.75) is 26.7 Å². The number of nitrogens with one attached hydrogen (secondary N) is 2. The van der Waals surface area contributed by atoms with Crippen LogP contribution >= 0.6 is 23.2 Å². The van der Waals surface area contributed by atoms with Gasteiger partial charge in [-0.1, -0.05) is 29.3 Å². The molecule has 0 radical (unpaired) electrons. The highest BCUT2D eigenvalue weighted by Crippen LogP contribution is 2.22. The summed E-state index contributed by atoms with van der Waals surface area (Å²) in [4.78, 5) is 11.9. The molecular weight excluding hydrogens is 297 g/mol. The molecule has 2 aromatic rings. The zero-order chi connectivity index (χ0) is 14.7. The molecule has 0 aliphatic rings. The van der Waals surface area contributed by atoms with E-state index < -0.39 is 0 Å². The lowest BCUT2D eigenvalue weighted by Crippen LogP contribution is -2.13. The topological polar surface area (TPSA) is 57.8 Å². The molecular formula is C14H15Cl2N3O. The summed E-state index contributed by atoms with van der Waals surface area (Å²) in [5.74, 6) is 0.486. The van der Waals surface area contributed by atoms with Crippen molar-refractivity contribution < 1.29 is 4.79 Å². The molecule has 0 bridgehead atoms. The fraction of sp³-hybridized carbons (Fsp3) is 0.286. The van der Waals surface area contributed by atoms with Crippen molar-refractivity contribution in [1.29, 1.82) is 0 Å². The molecule has 0 unspecified atom stereocenters. The van der Waals surface area contributed by atoms with Gasteiger partial charge >= 0.3 is 0 Å². The Bertz CT molecular complexity index is 637. The number of rotatable bonds is 4. The van der Waals surface area contributed by atoms with E-state index in [1.54, 1.807) is 12.1 Å². The summed E-state index contributed by atoms with van der Waals surface area (Å²) in [6, 6.07) is 5.28. The van der Waals surface area contributed by atoms with Crippen LogP contribution in [0.15, 0.2) is 18.2 Å². The molecule has 1 amide bonds. The lowest BCUT2D eigenvalue weighted by atomic mass is 10.1. The number of carbonyl (C=O) groups excluding carboxylic acids is 1. The first-order valence-electron chi connectivity index (χ1n) is 6.22. The third-order valence-electron chi connectivity index (χ3n) is 3.15. The number of nitrogens with zero attached hydrogens (tertiary/aromatic N) is 1. The van der Waals surface area contributed by atoms with E-state index in [1.807, 2.05) is 19.9 Å². The maximum atomic E-state index is 11.9. The van der Waals surface area contributed by atoms with E-state index >= 15 is 0 Å². The first-order valence-corrected chi connectivity index (χ1v) is 6.98. The van der Waals surface area contributed by atoms with Gasteiger partial charge in [0.15, 0.2) is 5.82 Å². The van der Waals surface area contributed by atoms with E-state index in [1.165, 1.54) is 0 Å². The molecule has 1 aromatic heterocycles. The van der Waals surface area contributed by atoms with Gasteiger partial charge in [0.1, 0.15) is 0 Å². The third-order valence-corrected chi connectivity index (χ3v) is 3.73. The third kappa shape index (κ3) is 3.52. The monoisotopic (exact) mass is 311 g/mol. The van der Waals surface area contributed by atoms with E-state index in [9.17, 15) is 4.79 Å². The molecule has 20 heavy (non-hydrogen) atoms. The van der Waals surface area contributed by atoms with Crippen LogP contribution in [0, 0.1) is 13.8 Å². The standard InChI is InChI=1S/C14H15Cl2N3O/c1-8-9(2)18-19-14(8)17-13(20)6-4-10-3-5-11(15)7-12(10)16/h3,5,7H,4,6H2,1-2H3,(H2,17,18,19,20). The van der Waals surface area contributed by atoms with Gasteiger partial charge in [-0.2, -0.15) is 5.10 Å². The smallest absolute Gasteiger partial charge is 0.225 e. The fourth-order valence-corrected chi connectivity index (χ4v) is 2.28. The second kappa shape index (κ2) is 6.29. The highest BCUT2D eigenvalue weighted by molar-refractivity contribution is 6.35. The van der Waals surface area contributed by atoms with Crippen LogP contribution in [-0.2, 0) is 11.2 Å². The minimum Gasteiger partial charge on any atom is -0.309 e. The van der Waals surface area contributed by atoms with Crippen LogP contribution in [0.25, 0.3) is 0 Å². The Balaban J connectivity index is 1.94. The van der Waals surface area contributed by atoms with Crippen molar-refractivity contribution in [2.24, 2.45) is 0 Å². The Kier molecular flexibility index (Phi) is 4.68. The van der Waals surface area contributed by atoms with Gasteiger partial charge in [0.05, 0.1) is 0 Å². The first-order chi connectivity index (χ1) is 9.47. The number of aryl methyl sites for hydroxylation is 2. The van der Waals surface area contributed by atoms with Gasteiger partial charge in [-0.25, -0.2) is 0 Å². The lowest BCUT2D eigenvalue weighted by molar-refractivity contribution is -0.116. The van der Waals surface area contributed by atoms with E-state index in [0.717, 1.165) is 16.8 Å². The minimum absolute atomic E-state index is 0.0920. The van der Waals surface area contributed by atoms with Gasteiger partial charge in [0.25, 0.3) is 0 Å². The molecule has 1 heterocycles. The van der Waals surface area contributed by atoms with Gasteiger partial charge < -0.3 is 5.32 Å². The molecule has 4 nitrogen and oxygen atoms in total. The molecule has 0 saturated heterocycles. The van der Waals surface area contributed by atoms with Crippen molar-refractivity contribution in [2.75, 3.05) is 5.32 Å². The molecule has 0 aliphatic carbocycles. The van der Waals surface area contributed by atoms with Crippen molar-refractivity contribution in [3.63, 3.8) is 0 Å². The van der Waals surface area contributed by atoms with Gasteiger partial charge in [-0.05, 0) is 38.0 Å². The summed E-state index contributed by atoms with van der Waals surface area (Å²) in [5.41, 5.74) is 2.80. The highest BCUT2D eigenvalue weighted by Gasteiger charge is 2.10. The second-order valence-corrected chi connectivity index (χ2v) is 5.45. The molecule has 2 rings (SSSR count). The molecule has 106 valence electrons. The summed E-state index contributed by atoms with van der Waals surface area (Å²) in [6.45, 7) is 3.82. The van der Waals surface area contributed by atoms with Gasteiger partial charge in [-0.3, -0.25) is 9.89 Å². The van der Waals surface area contributed by atoms with Crippen molar-refractivity contribution in [3.05, 3.63) is 45.1 Å². The average Bonchev–Trinajstić information content (AvgIpc) is 2.70. The highest BCUT2D eigenvalue weighted by atomic mass is 35.5. The molecule has 6 heteroatoms. The minimum atomic E-state index is -0.0920. The van der Waals surface area contributed by atoms with Crippen LogP contribution in [-0.4, -0.2) is 16.1 Å². The van der Waals surface area contributed by atoms with Crippen molar-refractivity contribution >= 4 is 34.9 Å². The number of halogens is 2. The number of aromatic amines is 1. The first kappa shape index (κ1) is 14.9. The lowest BCUT2D eigenvalue weighted by Gasteiger charge is -2.05. The Hall–Kier alpha value is -1.52. The van der Waals surface area contributed by atoms with Crippen molar-refractivity contribution in [1.82, 2.24) is 10.2 Å². The zero-order valence-corrected chi connectivity index (χ0v) is 12.8. The number of anilines is 1. The number of benzene rings is 1. The van der Waals surface area contributed by atoms with E-state index in [-0.39, 0.29) is 5.91 Å². The summed E-state index contributed by atoms with van der Waals surface area (Å²) in [7, 11) is 0. The predicted octanol–water partition coefficient (Wildman–Crippen LogP) is 3.90. The van der Waals surface area contributed by atoms with E-state index in [0.29, 0.717) is 28.7 Å². The molecule has 0 aliphatic heterocycles. The van der Waals surface area contributed by atoms with Gasteiger partial charge in [0.2, 0.25) is 5.91 Å². The zero-order valence-electron chi connectivity index (χ0n) is 11.3. The number of carbonyl (C=O) groups is 1. The van der Waals surface area contributed by atoms with E-state index in [4.69, 9.17) is 23.2 Å². The predicted molar refractivity (Wildman–Crippen MR) is 81.5 cm³/mol. The van der Waals surface area contributed by atoms with E-state index in [2.05, 4.69) is 15.5 Å². The molecule has 2 N–H and O–H groups in total. The Morgan fingerprint density at radius 3 is 2.70 bits per heavy atom. The van der Waals surface area contributed by atoms with Gasteiger partial charge in [-0.15, -0.1) is 0 Å². The maximum absolute atomic E-state index is 11.9. The van der Waals surface area contributed by atoms with Crippen LogP contribution in [0.3, 0.4) is 0 Å². The largest absolute Gasteiger partial charge is 0.309 e. The summed E-state index contributed by atoms with van der Waals surface area (Å²) >= 11 is 11.9. The number of hydrogen-bond donors (Lipinski definition) is 2. The average molecular weight is 312 g/mol.